The monoisotopic (exact) mass is 260 g/mol. The average molecular weight is 260 g/mol. The molecule has 1 rings (SSSR count). The number of thiol groups is 1. The molecule has 2 N–H and O–H groups in total. The Balaban J connectivity index is 3.21. The van der Waals surface area contributed by atoms with Gasteiger partial charge in [0, 0.05) is 17.9 Å². The fraction of sp³-hybridized carbons (Fsp3) is 0.444. The molecule has 7 nitrogen and oxygen atoms in total. The third-order valence-electron chi connectivity index (χ3n) is 2.11. The first-order valence-corrected chi connectivity index (χ1v) is 5.30. The van der Waals surface area contributed by atoms with Crippen LogP contribution in [-0.2, 0) is 0 Å². The molecule has 8 heteroatoms. The fourth-order valence-electron chi connectivity index (χ4n) is 1.22. The van der Waals surface area contributed by atoms with Crippen LogP contribution in [-0.4, -0.2) is 39.1 Å². The van der Waals surface area contributed by atoms with E-state index in [0.29, 0.717) is 0 Å². The smallest absolute Gasteiger partial charge is 0.293 e. The molecular weight excluding hydrogens is 248 g/mol. The van der Waals surface area contributed by atoms with E-state index in [4.69, 9.17) is 4.74 Å². The highest BCUT2D eigenvalue weighted by Crippen LogP contribution is 2.27. The molecule has 0 bridgehead atoms. The van der Waals surface area contributed by atoms with E-state index in [2.05, 4.69) is 17.6 Å². The number of hydrogen-bond donors (Lipinski definition) is 3. The Kier molecular flexibility index (Phi) is 4.67. The van der Waals surface area contributed by atoms with E-state index in [0.717, 1.165) is 6.07 Å². The van der Waals surface area contributed by atoms with Crippen molar-refractivity contribution < 1.29 is 19.9 Å². The fourth-order valence-corrected chi connectivity index (χ4v) is 1.42. The minimum atomic E-state index is -1.48. The Morgan fingerprint density at radius 3 is 2.71 bits per heavy atom. The van der Waals surface area contributed by atoms with Crippen molar-refractivity contribution in [3.63, 3.8) is 0 Å². The van der Waals surface area contributed by atoms with E-state index in [-0.39, 0.29) is 23.0 Å². The molecule has 0 aliphatic rings. The zero-order chi connectivity index (χ0) is 13.0. The van der Waals surface area contributed by atoms with E-state index in [1.807, 2.05) is 0 Å². The van der Waals surface area contributed by atoms with Crippen molar-refractivity contribution in [1.82, 2.24) is 4.98 Å². The summed E-state index contributed by atoms with van der Waals surface area (Å²) < 4.78 is 4.81. The summed E-state index contributed by atoms with van der Waals surface area (Å²) in [7, 11) is 1.35. The predicted octanol–water partition coefficient (Wildman–Crippen LogP) is 0.322. The topological polar surface area (TPSA) is 106 Å². The van der Waals surface area contributed by atoms with Crippen LogP contribution in [0.2, 0.25) is 0 Å². The van der Waals surface area contributed by atoms with E-state index in [9.17, 15) is 20.3 Å². The normalized spacial score (nSPS) is 14.1. The molecule has 0 aromatic carbocycles. The lowest BCUT2D eigenvalue weighted by Crippen LogP contribution is -2.22. The van der Waals surface area contributed by atoms with Crippen LogP contribution in [0.15, 0.2) is 12.1 Å². The van der Waals surface area contributed by atoms with E-state index < -0.39 is 17.1 Å². The molecule has 0 saturated heterocycles. The quantitative estimate of drug-likeness (QED) is 0.400. The zero-order valence-electron chi connectivity index (χ0n) is 8.98. The number of aliphatic hydroxyl groups is 2. The van der Waals surface area contributed by atoms with Gasteiger partial charge >= 0.3 is 0 Å². The zero-order valence-corrected chi connectivity index (χ0v) is 9.87. The van der Waals surface area contributed by atoms with Crippen molar-refractivity contribution in [2.75, 3.05) is 12.9 Å². The van der Waals surface area contributed by atoms with Crippen LogP contribution in [0.4, 0.5) is 5.69 Å². The van der Waals surface area contributed by atoms with Crippen LogP contribution in [0.25, 0.3) is 0 Å². The lowest BCUT2D eigenvalue weighted by atomic mass is 10.1. The van der Waals surface area contributed by atoms with Crippen molar-refractivity contribution in [3.05, 3.63) is 27.9 Å². The number of ether oxygens (including phenoxy) is 1. The third-order valence-corrected chi connectivity index (χ3v) is 2.49. The summed E-state index contributed by atoms with van der Waals surface area (Å²) in [6.07, 6.45) is -2.72. The summed E-state index contributed by atoms with van der Waals surface area (Å²) in [4.78, 5) is 13.8. The molecule has 2 atom stereocenters. The van der Waals surface area contributed by atoms with Gasteiger partial charge < -0.3 is 14.9 Å². The lowest BCUT2D eigenvalue weighted by molar-refractivity contribution is -0.386. The van der Waals surface area contributed by atoms with Crippen molar-refractivity contribution in [2.45, 2.75) is 12.2 Å². The van der Waals surface area contributed by atoms with Crippen molar-refractivity contribution in [2.24, 2.45) is 0 Å². The van der Waals surface area contributed by atoms with Crippen LogP contribution >= 0.6 is 12.6 Å². The summed E-state index contributed by atoms with van der Waals surface area (Å²) >= 11 is 3.80. The summed E-state index contributed by atoms with van der Waals surface area (Å²) in [5, 5.41) is 29.9. The molecule has 0 amide bonds. The summed E-state index contributed by atoms with van der Waals surface area (Å²) in [6, 6.07) is 2.47. The van der Waals surface area contributed by atoms with Gasteiger partial charge in [0.1, 0.15) is 6.10 Å². The van der Waals surface area contributed by atoms with E-state index >= 15 is 0 Å². The number of aromatic nitrogens is 1. The second-order valence-electron chi connectivity index (χ2n) is 3.21. The number of nitrogens with zero attached hydrogens (tertiary/aromatic N) is 2. The molecule has 1 aromatic rings. The Bertz CT molecular complexity index is 414. The number of methoxy groups -OCH3 is 1. The molecule has 1 heterocycles. The summed E-state index contributed by atoms with van der Waals surface area (Å²) in [6.45, 7) is 0. The second-order valence-corrected chi connectivity index (χ2v) is 3.57. The maximum Gasteiger partial charge on any atom is 0.293 e. The minimum absolute atomic E-state index is 0.0444. The van der Waals surface area contributed by atoms with E-state index in [1.54, 1.807) is 0 Å². The maximum atomic E-state index is 10.7. The standard InChI is InChI=1S/C9H12N2O5S/c1-16-7-3-2-5(11(14)15)8(10-7)9(13)6(12)4-17/h2-3,6,9,12-13,17H,4H2,1H3. The third kappa shape index (κ3) is 3.05. The number of hydrogen-bond acceptors (Lipinski definition) is 7. The molecule has 1 aromatic heterocycles. The Morgan fingerprint density at radius 1 is 1.59 bits per heavy atom. The van der Waals surface area contributed by atoms with Crippen LogP contribution in [0, 0.1) is 10.1 Å². The Hall–Kier alpha value is -1.38. The lowest BCUT2D eigenvalue weighted by Gasteiger charge is -2.15. The highest BCUT2D eigenvalue weighted by atomic mass is 32.1. The SMILES string of the molecule is COc1ccc([N+](=O)[O-])c(C(O)C(O)CS)n1. The largest absolute Gasteiger partial charge is 0.481 e. The van der Waals surface area contributed by atoms with Gasteiger partial charge in [0.25, 0.3) is 5.69 Å². The van der Waals surface area contributed by atoms with Crippen LogP contribution in [0.3, 0.4) is 0 Å². The number of pyridine rings is 1. The van der Waals surface area contributed by atoms with E-state index in [1.165, 1.54) is 13.2 Å². The molecule has 94 valence electrons. The molecule has 0 spiro atoms. The number of nitro groups is 1. The first kappa shape index (κ1) is 13.7. The van der Waals surface area contributed by atoms with Crippen molar-refractivity contribution >= 4 is 18.3 Å². The van der Waals surface area contributed by atoms with Gasteiger partial charge in [0.05, 0.1) is 18.1 Å². The first-order chi connectivity index (χ1) is 8.01. The predicted molar refractivity (Wildman–Crippen MR) is 62.3 cm³/mol. The average Bonchev–Trinajstić information content (AvgIpc) is 2.35. The molecule has 0 fully saturated rings. The van der Waals surface area contributed by atoms with Crippen LogP contribution in [0.5, 0.6) is 5.88 Å². The maximum absolute atomic E-state index is 10.7. The number of rotatable bonds is 5. The summed E-state index contributed by atoms with van der Waals surface area (Å²) in [5.74, 6) is 0.0769. The first-order valence-electron chi connectivity index (χ1n) is 4.67. The van der Waals surface area contributed by atoms with Gasteiger partial charge in [-0.05, 0) is 0 Å². The molecule has 0 aliphatic carbocycles. The van der Waals surface area contributed by atoms with Gasteiger partial charge in [0.2, 0.25) is 5.88 Å². The van der Waals surface area contributed by atoms with Gasteiger partial charge in [-0.25, -0.2) is 4.98 Å². The molecule has 0 aliphatic heterocycles. The van der Waals surface area contributed by atoms with Crippen molar-refractivity contribution in [3.8, 4) is 5.88 Å². The molecule has 17 heavy (non-hydrogen) atoms. The van der Waals surface area contributed by atoms with Gasteiger partial charge in [0.15, 0.2) is 5.69 Å². The highest BCUT2D eigenvalue weighted by molar-refractivity contribution is 7.80. The van der Waals surface area contributed by atoms with Crippen LogP contribution in [0.1, 0.15) is 11.8 Å². The van der Waals surface area contributed by atoms with Gasteiger partial charge in [-0.1, -0.05) is 0 Å². The van der Waals surface area contributed by atoms with Gasteiger partial charge in [-0.15, -0.1) is 0 Å². The van der Waals surface area contributed by atoms with Gasteiger partial charge in [-0.2, -0.15) is 12.6 Å². The number of aliphatic hydroxyl groups excluding tert-OH is 2. The highest BCUT2D eigenvalue weighted by Gasteiger charge is 2.27. The molecule has 2 unspecified atom stereocenters. The molecule has 0 saturated carbocycles. The second kappa shape index (κ2) is 5.80. The summed E-state index contributed by atoms with van der Waals surface area (Å²) in [5.41, 5.74) is -0.616. The van der Waals surface area contributed by atoms with Crippen molar-refractivity contribution in [1.29, 1.82) is 0 Å². The van der Waals surface area contributed by atoms with Gasteiger partial charge in [-0.3, -0.25) is 10.1 Å². The minimum Gasteiger partial charge on any atom is -0.481 e. The van der Waals surface area contributed by atoms with Crippen LogP contribution < -0.4 is 4.74 Å². The Labute approximate surface area is 103 Å². The molecular formula is C9H12N2O5S. The Morgan fingerprint density at radius 2 is 2.24 bits per heavy atom. The molecule has 0 radical (unpaired) electrons.